The lowest BCUT2D eigenvalue weighted by molar-refractivity contribution is -0.120. The van der Waals surface area contributed by atoms with E-state index in [0.29, 0.717) is 18.3 Å². The van der Waals surface area contributed by atoms with Crippen molar-refractivity contribution in [3.63, 3.8) is 0 Å². The number of benzene rings is 1. The molecule has 26 heavy (non-hydrogen) atoms. The minimum absolute atomic E-state index is 0.310. The summed E-state index contributed by atoms with van der Waals surface area (Å²) in [4.78, 5) is 14.6. The van der Waals surface area contributed by atoms with Gasteiger partial charge in [0.2, 0.25) is 0 Å². The van der Waals surface area contributed by atoms with Gasteiger partial charge in [0.05, 0.1) is 0 Å². The number of rotatable bonds is 7. The Labute approximate surface area is 160 Å². The largest absolute Gasteiger partial charge is 0.429 e. The van der Waals surface area contributed by atoms with Gasteiger partial charge in [-0.2, -0.15) is 0 Å². The molecule has 2 atom stereocenters. The first-order valence-electron chi connectivity index (χ1n) is 9.88. The maximum atomic E-state index is 10.2. The third kappa shape index (κ3) is 8.33. The highest BCUT2D eigenvalue weighted by molar-refractivity contribution is 5.45. The van der Waals surface area contributed by atoms with Crippen LogP contribution >= 0.6 is 0 Å². The molecule has 1 aliphatic rings. The molecule has 1 aliphatic carbocycles. The van der Waals surface area contributed by atoms with E-state index in [4.69, 9.17) is 4.74 Å². The molecular formula is C22H38N2O2. The first-order valence-corrected chi connectivity index (χ1v) is 9.88. The Hall–Kier alpha value is -1.39. The van der Waals surface area contributed by atoms with Crippen LogP contribution in [0, 0.1) is 5.92 Å². The first kappa shape index (κ1) is 22.7. The van der Waals surface area contributed by atoms with Gasteiger partial charge in [-0.25, -0.2) is 0 Å². The topological polar surface area (TPSA) is 32.8 Å². The van der Waals surface area contributed by atoms with Crippen molar-refractivity contribution in [2.24, 2.45) is 5.92 Å². The van der Waals surface area contributed by atoms with Gasteiger partial charge in [-0.15, -0.1) is 0 Å². The Morgan fingerprint density at radius 2 is 1.73 bits per heavy atom. The molecule has 0 amide bonds. The van der Waals surface area contributed by atoms with Gasteiger partial charge in [-0.3, -0.25) is 4.79 Å². The van der Waals surface area contributed by atoms with Crippen LogP contribution in [-0.2, 0) is 4.79 Å². The van der Waals surface area contributed by atoms with E-state index in [9.17, 15) is 4.79 Å². The predicted molar refractivity (Wildman–Crippen MR) is 110 cm³/mol. The number of carbonyl (C=O) groups is 1. The molecule has 1 saturated carbocycles. The molecule has 1 aromatic carbocycles. The van der Waals surface area contributed by atoms with E-state index in [1.165, 1.54) is 38.5 Å². The molecule has 1 fully saturated rings. The van der Waals surface area contributed by atoms with Crippen LogP contribution in [0.1, 0.15) is 64.0 Å². The van der Waals surface area contributed by atoms with E-state index in [0.717, 1.165) is 17.5 Å². The summed E-state index contributed by atoms with van der Waals surface area (Å²) in [5, 5.41) is 0. The van der Waals surface area contributed by atoms with Gasteiger partial charge in [-0.05, 0) is 72.1 Å². The van der Waals surface area contributed by atoms with Crippen LogP contribution in [0.5, 0.6) is 5.75 Å². The van der Waals surface area contributed by atoms with Crippen LogP contribution in [-0.4, -0.2) is 50.5 Å². The SMILES string of the molecule is CC(CC1CCCCC1)N(C)C.CC(c1cccc(OC=O)c1)N(C)C. The van der Waals surface area contributed by atoms with Gasteiger partial charge in [0, 0.05) is 12.1 Å². The van der Waals surface area contributed by atoms with E-state index in [-0.39, 0.29) is 0 Å². The molecule has 0 heterocycles. The van der Waals surface area contributed by atoms with Crippen molar-refractivity contribution in [3.05, 3.63) is 29.8 Å². The smallest absolute Gasteiger partial charge is 0.298 e. The molecule has 2 rings (SSSR count). The molecule has 4 heteroatoms. The second-order valence-electron chi connectivity index (χ2n) is 7.98. The molecule has 2 unspecified atom stereocenters. The molecule has 0 N–H and O–H groups in total. The summed E-state index contributed by atoms with van der Waals surface area (Å²) >= 11 is 0. The summed E-state index contributed by atoms with van der Waals surface area (Å²) in [7, 11) is 8.40. The van der Waals surface area contributed by atoms with Crippen LogP contribution in [0.25, 0.3) is 0 Å². The molecule has 0 aromatic heterocycles. The zero-order chi connectivity index (χ0) is 19.5. The van der Waals surface area contributed by atoms with Crippen molar-refractivity contribution in [1.82, 2.24) is 9.80 Å². The Bertz CT molecular complexity index is 511. The van der Waals surface area contributed by atoms with Gasteiger partial charge in [0.25, 0.3) is 6.47 Å². The van der Waals surface area contributed by atoms with Crippen molar-refractivity contribution in [1.29, 1.82) is 0 Å². The highest BCUT2D eigenvalue weighted by Crippen LogP contribution is 2.28. The molecule has 0 radical (unpaired) electrons. The normalized spacial score (nSPS) is 17.4. The van der Waals surface area contributed by atoms with E-state index >= 15 is 0 Å². The second kappa shape index (κ2) is 12.1. The standard InChI is InChI=1S/C11H15NO2.C11H23N/c1-9(12(2)3)10-5-4-6-11(7-10)14-8-13;1-10(12(2)3)9-11-7-5-4-6-8-11/h4-9H,1-3H3;10-11H,4-9H2,1-3H3. The summed E-state index contributed by atoms with van der Waals surface area (Å²) in [5.41, 5.74) is 1.13. The fourth-order valence-electron chi connectivity index (χ4n) is 3.32. The molecule has 4 nitrogen and oxygen atoms in total. The highest BCUT2D eigenvalue weighted by Gasteiger charge is 2.17. The first-order chi connectivity index (χ1) is 12.3. The fourth-order valence-corrected chi connectivity index (χ4v) is 3.32. The van der Waals surface area contributed by atoms with Crippen LogP contribution in [0.2, 0.25) is 0 Å². The predicted octanol–water partition coefficient (Wildman–Crippen LogP) is 4.75. The monoisotopic (exact) mass is 362 g/mol. The van der Waals surface area contributed by atoms with E-state index in [1.807, 2.05) is 32.3 Å². The van der Waals surface area contributed by atoms with Crippen molar-refractivity contribution < 1.29 is 9.53 Å². The fraction of sp³-hybridized carbons (Fsp3) is 0.682. The van der Waals surface area contributed by atoms with Gasteiger partial charge < -0.3 is 14.5 Å². The number of hydrogen-bond acceptors (Lipinski definition) is 4. The van der Waals surface area contributed by atoms with Crippen molar-refractivity contribution in [3.8, 4) is 5.75 Å². The molecule has 0 aliphatic heterocycles. The maximum absolute atomic E-state index is 10.2. The lowest BCUT2D eigenvalue weighted by Crippen LogP contribution is -2.27. The number of hydrogen-bond donors (Lipinski definition) is 0. The summed E-state index contributed by atoms with van der Waals surface area (Å²) < 4.78 is 4.78. The molecular weight excluding hydrogens is 324 g/mol. The summed E-state index contributed by atoms with van der Waals surface area (Å²) in [5.74, 6) is 1.61. The average Bonchev–Trinajstić information content (AvgIpc) is 2.63. The third-order valence-corrected chi connectivity index (χ3v) is 5.58. The lowest BCUT2D eigenvalue weighted by atomic mass is 9.85. The van der Waals surface area contributed by atoms with Crippen LogP contribution in [0.4, 0.5) is 0 Å². The molecule has 0 spiro atoms. The van der Waals surface area contributed by atoms with Crippen molar-refractivity contribution >= 4 is 6.47 Å². The quantitative estimate of drug-likeness (QED) is 0.655. The van der Waals surface area contributed by atoms with Gasteiger partial charge in [0.15, 0.2) is 0 Å². The van der Waals surface area contributed by atoms with Crippen molar-refractivity contribution in [2.45, 2.75) is 64.5 Å². The van der Waals surface area contributed by atoms with Crippen molar-refractivity contribution in [2.75, 3.05) is 28.2 Å². The van der Waals surface area contributed by atoms with Crippen LogP contribution < -0.4 is 4.74 Å². The minimum Gasteiger partial charge on any atom is -0.429 e. The lowest BCUT2D eigenvalue weighted by Gasteiger charge is -2.27. The number of carbonyl (C=O) groups excluding carboxylic acids is 1. The summed E-state index contributed by atoms with van der Waals surface area (Å²) in [6.45, 7) is 4.88. The van der Waals surface area contributed by atoms with E-state index in [1.54, 1.807) is 6.07 Å². The number of nitrogens with zero attached hydrogens (tertiary/aromatic N) is 2. The Morgan fingerprint density at radius 1 is 1.08 bits per heavy atom. The molecule has 1 aromatic rings. The second-order valence-corrected chi connectivity index (χ2v) is 7.98. The summed E-state index contributed by atoms with van der Waals surface area (Å²) in [6.07, 6.45) is 8.81. The average molecular weight is 363 g/mol. The number of ether oxygens (including phenoxy) is 1. The van der Waals surface area contributed by atoms with Crippen LogP contribution in [0.15, 0.2) is 24.3 Å². The zero-order valence-corrected chi connectivity index (χ0v) is 17.6. The van der Waals surface area contributed by atoms with Crippen LogP contribution in [0.3, 0.4) is 0 Å². The van der Waals surface area contributed by atoms with E-state index < -0.39 is 0 Å². The third-order valence-electron chi connectivity index (χ3n) is 5.58. The maximum Gasteiger partial charge on any atom is 0.298 e. The highest BCUT2D eigenvalue weighted by atomic mass is 16.5. The van der Waals surface area contributed by atoms with Gasteiger partial charge in [0.1, 0.15) is 5.75 Å². The Balaban J connectivity index is 0.000000263. The zero-order valence-electron chi connectivity index (χ0n) is 17.6. The van der Waals surface area contributed by atoms with Gasteiger partial charge >= 0.3 is 0 Å². The minimum atomic E-state index is 0.310. The molecule has 0 saturated heterocycles. The van der Waals surface area contributed by atoms with Gasteiger partial charge in [-0.1, -0.05) is 44.2 Å². The molecule has 148 valence electrons. The summed E-state index contributed by atoms with van der Waals surface area (Å²) in [6, 6.07) is 8.62. The molecule has 0 bridgehead atoms. The van der Waals surface area contributed by atoms with E-state index in [2.05, 4.69) is 37.7 Å². The Morgan fingerprint density at radius 3 is 2.27 bits per heavy atom. The Kier molecular flexibility index (Phi) is 10.5.